The number of hydrogen-bond donors (Lipinski definition) is 1. The topological polar surface area (TPSA) is 55.4 Å². The molecule has 3 fully saturated rings. The summed E-state index contributed by atoms with van der Waals surface area (Å²) < 4.78 is 19.9. The van der Waals surface area contributed by atoms with Crippen LogP contribution in [0.15, 0.2) is 78.9 Å². The lowest BCUT2D eigenvalue weighted by Gasteiger charge is -2.51. The van der Waals surface area contributed by atoms with Crippen LogP contribution in [0.2, 0.25) is 0 Å². The van der Waals surface area contributed by atoms with E-state index in [-0.39, 0.29) is 17.7 Å². The summed E-state index contributed by atoms with van der Waals surface area (Å²) in [7, 11) is 0. The largest absolute Gasteiger partial charge is 0.440 e. The van der Waals surface area contributed by atoms with Gasteiger partial charge in [-0.25, -0.2) is 9.18 Å². The molecule has 3 saturated heterocycles. The second-order valence-corrected chi connectivity index (χ2v) is 9.79. The molecule has 0 aromatic heterocycles. The van der Waals surface area contributed by atoms with Crippen LogP contribution in [0.1, 0.15) is 34.3 Å². The molecule has 3 aliphatic rings. The lowest BCUT2D eigenvalue weighted by molar-refractivity contribution is -0.938. The number of ketones is 1. The SMILES string of the molecule is O=C(Nc1ccccc1Cc1ccc(F)cc1)OC1C[N+]2(CC(=O)c3ccccc3)CCC1CC2. The van der Waals surface area contributed by atoms with E-state index in [1.807, 2.05) is 54.6 Å². The van der Waals surface area contributed by atoms with Gasteiger partial charge in [0.05, 0.1) is 13.1 Å². The molecule has 180 valence electrons. The number of amides is 1. The van der Waals surface area contributed by atoms with Crippen LogP contribution in [-0.4, -0.2) is 48.6 Å². The normalized spacial score (nSPS) is 23.0. The molecule has 0 aliphatic carbocycles. The average molecular weight is 474 g/mol. The molecule has 0 radical (unpaired) electrons. The fourth-order valence-corrected chi connectivity index (χ4v) is 5.49. The van der Waals surface area contributed by atoms with Gasteiger partial charge in [-0.2, -0.15) is 0 Å². The highest BCUT2D eigenvalue weighted by molar-refractivity contribution is 5.97. The predicted molar refractivity (Wildman–Crippen MR) is 133 cm³/mol. The molecule has 1 N–H and O–H groups in total. The van der Waals surface area contributed by atoms with E-state index in [1.165, 1.54) is 12.1 Å². The number of carbonyl (C=O) groups excluding carboxylic acids is 2. The van der Waals surface area contributed by atoms with Crippen LogP contribution >= 0.6 is 0 Å². The summed E-state index contributed by atoms with van der Waals surface area (Å²) in [6.45, 7) is 3.02. The minimum absolute atomic E-state index is 0.142. The molecular weight excluding hydrogens is 443 g/mol. The number of ether oxygens (including phenoxy) is 1. The van der Waals surface area contributed by atoms with Gasteiger partial charge in [0, 0.05) is 30.0 Å². The molecule has 1 amide bonds. The lowest BCUT2D eigenvalue weighted by Crippen LogP contribution is -2.65. The van der Waals surface area contributed by atoms with Gasteiger partial charge in [-0.15, -0.1) is 0 Å². The number of nitrogens with zero attached hydrogens (tertiary/aromatic N) is 1. The van der Waals surface area contributed by atoms with E-state index in [4.69, 9.17) is 4.74 Å². The van der Waals surface area contributed by atoms with Crippen LogP contribution in [0.4, 0.5) is 14.9 Å². The first-order valence-corrected chi connectivity index (χ1v) is 12.2. The van der Waals surface area contributed by atoms with Crippen LogP contribution in [0.5, 0.6) is 0 Å². The smallest absolute Gasteiger partial charge is 0.412 e. The molecule has 3 aliphatic heterocycles. The van der Waals surface area contributed by atoms with Gasteiger partial charge in [0.1, 0.15) is 18.9 Å². The Balaban J connectivity index is 1.23. The lowest BCUT2D eigenvalue weighted by atomic mass is 9.83. The molecule has 35 heavy (non-hydrogen) atoms. The van der Waals surface area contributed by atoms with E-state index in [0.717, 1.165) is 42.6 Å². The summed E-state index contributed by atoms with van der Waals surface area (Å²) in [6, 6.07) is 23.4. The minimum atomic E-state index is -0.470. The highest BCUT2D eigenvalue weighted by atomic mass is 19.1. The van der Waals surface area contributed by atoms with Crippen molar-refractivity contribution in [1.29, 1.82) is 0 Å². The van der Waals surface area contributed by atoms with E-state index in [9.17, 15) is 14.0 Å². The number of benzene rings is 3. The average Bonchev–Trinajstić information content (AvgIpc) is 2.87. The van der Waals surface area contributed by atoms with Gasteiger partial charge < -0.3 is 9.22 Å². The van der Waals surface area contributed by atoms with E-state index in [2.05, 4.69) is 5.32 Å². The number of quaternary nitrogens is 1. The number of halogens is 1. The van der Waals surface area contributed by atoms with Crippen LogP contribution < -0.4 is 5.32 Å². The van der Waals surface area contributed by atoms with Gasteiger partial charge >= 0.3 is 6.09 Å². The second-order valence-electron chi connectivity index (χ2n) is 9.79. The number of anilines is 1. The fraction of sp³-hybridized carbons (Fsp3) is 0.310. The van der Waals surface area contributed by atoms with E-state index < -0.39 is 6.09 Å². The zero-order valence-corrected chi connectivity index (χ0v) is 19.7. The molecule has 1 unspecified atom stereocenters. The summed E-state index contributed by atoms with van der Waals surface area (Å²) in [4.78, 5) is 25.8. The van der Waals surface area contributed by atoms with Crippen LogP contribution in [0.25, 0.3) is 0 Å². The number of nitrogens with one attached hydrogen (secondary N) is 1. The molecule has 6 heteroatoms. The Kier molecular flexibility index (Phi) is 6.64. The molecule has 3 aromatic rings. The van der Waals surface area contributed by atoms with E-state index >= 15 is 0 Å². The molecule has 0 saturated carbocycles. The highest BCUT2D eigenvalue weighted by Gasteiger charge is 2.48. The maximum atomic E-state index is 13.3. The number of hydrogen-bond acceptors (Lipinski definition) is 3. The zero-order chi connectivity index (χ0) is 24.3. The van der Waals surface area contributed by atoms with Gasteiger partial charge in [-0.1, -0.05) is 60.7 Å². The Labute approximate surface area is 205 Å². The van der Waals surface area contributed by atoms with Crippen molar-refractivity contribution in [2.45, 2.75) is 25.4 Å². The molecule has 1 atom stereocenters. The van der Waals surface area contributed by atoms with Crippen LogP contribution in [-0.2, 0) is 11.2 Å². The molecular formula is C29H30FN2O3+. The number of fused-ring (bicyclic) bond motifs is 3. The van der Waals surface area contributed by atoms with Crippen molar-refractivity contribution in [1.82, 2.24) is 0 Å². The number of piperidine rings is 3. The summed E-state index contributed by atoms with van der Waals surface area (Å²) in [5, 5.41) is 2.92. The van der Waals surface area contributed by atoms with Crippen molar-refractivity contribution in [2.24, 2.45) is 5.92 Å². The third-order valence-electron chi connectivity index (χ3n) is 7.44. The minimum Gasteiger partial charge on any atom is -0.440 e. The zero-order valence-electron chi connectivity index (χ0n) is 19.7. The third-order valence-corrected chi connectivity index (χ3v) is 7.44. The van der Waals surface area contributed by atoms with Crippen molar-refractivity contribution in [3.8, 4) is 0 Å². The van der Waals surface area contributed by atoms with Crippen molar-refractivity contribution in [3.63, 3.8) is 0 Å². The molecule has 5 nitrogen and oxygen atoms in total. The molecule has 3 heterocycles. The maximum absolute atomic E-state index is 13.3. The van der Waals surface area contributed by atoms with Crippen molar-refractivity contribution < 1.29 is 23.2 Å². The monoisotopic (exact) mass is 473 g/mol. The van der Waals surface area contributed by atoms with Crippen molar-refractivity contribution in [2.75, 3.05) is 31.5 Å². The molecule has 2 bridgehead atoms. The number of carbonyl (C=O) groups is 2. The summed E-state index contributed by atoms with van der Waals surface area (Å²) in [5.41, 5.74) is 3.31. The first-order chi connectivity index (χ1) is 17.0. The van der Waals surface area contributed by atoms with Gasteiger partial charge in [0.15, 0.2) is 6.10 Å². The predicted octanol–water partition coefficient (Wildman–Crippen LogP) is 5.46. The van der Waals surface area contributed by atoms with Crippen molar-refractivity contribution in [3.05, 3.63) is 101 Å². The Hall–Kier alpha value is -3.51. The van der Waals surface area contributed by atoms with E-state index in [1.54, 1.807) is 12.1 Å². The highest BCUT2D eigenvalue weighted by Crippen LogP contribution is 2.36. The molecule has 3 aromatic carbocycles. The quantitative estimate of drug-likeness (QED) is 0.366. The third kappa shape index (κ3) is 5.43. The summed E-state index contributed by atoms with van der Waals surface area (Å²) in [6.07, 6.45) is 1.82. The van der Waals surface area contributed by atoms with Gasteiger partial charge in [-0.05, 0) is 35.7 Å². The Morgan fingerprint density at radius 3 is 2.34 bits per heavy atom. The Morgan fingerprint density at radius 1 is 0.914 bits per heavy atom. The number of Topliss-reactive ketones (excluding diaryl/α,β-unsaturated/α-hetero) is 1. The number of para-hydroxylation sites is 1. The Bertz CT molecular complexity index is 1190. The van der Waals surface area contributed by atoms with Gasteiger partial charge in [0.25, 0.3) is 0 Å². The standard InChI is InChI=1S/C29H29FN2O3/c30-25-12-10-21(11-13-25)18-24-8-4-5-9-26(24)31-29(34)35-28-20-32(16-14-23(28)15-17-32)19-27(33)22-6-2-1-3-7-22/h1-13,23,28H,14-20H2/p+1. The molecule has 0 spiro atoms. The van der Waals surface area contributed by atoms with Crippen molar-refractivity contribution >= 4 is 17.6 Å². The maximum Gasteiger partial charge on any atom is 0.412 e. The summed E-state index contributed by atoms with van der Waals surface area (Å²) in [5.74, 6) is 0.207. The summed E-state index contributed by atoms with van der Waals surface area (Å²) >= 11 is 0. The van der Waals surface area contributed by atoms with E-state index in [0.29, 0.717) is 35.6 Å². The fourth-order valence-electron chi connectivity index (χ4n) is 5.49. The van der Waals surface area contributed by atoms with Gasteiger partial charge in [-0.3, -0.25) is 10.1 Å². The second kappa shape index (κ2) is 10.0. The first-order valence-electron chi connectivity index (χ1n) is 12.2. The first kappa shape index (κ1) is 23.2. The molecule has 6 rings (SSSR count). The number of rotatable bonds is 7. The Morgan fingerprint density at radius 2 is 1.60 bits per heavy atom. The van der Waals surface area contributed by atoms with Crippen LogP contribution in [0, 0.1) is 11.7 Å². The van der Waals surface area contributed by atoms with Gasteiger partial charge in [0.2, 0.25) is 5.78 Å². The van der Waals surface area contributed by atoms with Crippen LogP contribution in [0.3, 0.4) is 0 Å².